The lowest BCUT2D eigenvalue weighted by atomic mass is 9.85. The van der Waals surface area contributed by atoms with Crippen LogP contribution in [0.5, 0.6) is 5.75 Å². The highest BCUT2D eigenvalue weighted by atomic mass is 35.5. The molecule has 4 heteroatoms. The Hall–Kier alpha value is -0.440. The highest BCUT2D eigenvalue weighted by Gasteiger charge is 2.22. The van der Waals surface area contributed by atoms with Gasteiger partial charge in [0.15, 0.2) is 0 Å². The van der Waals surface area contributed by atoms with Gasteiger partial charge < -0.3 is 10.1 Å². The monoisotopic (exact) mass is 303 g/mol. The molecule has 0 radical (unpaired) electrons. The van der Waals surface area contributed by atoms with Gasteiger partial charge in [0.2, 0.25) is 0 Å². The van der Waals surface area contributed by atoms with Crippen molar-refractivity contribution in [2.45, 2.75) is 40.2 Å². The summed E-state index contributed by atoms with van der Waals surface area (Å²) in [6.45, 7) is 9.13. The summed E-state index contributed by atoms with van der Waals surface area (Å²) in [6.07, 6.45) is 0.980. The van der Waals surface area contributed by atoms with Crippen LogP contribution in [-0.2, 0) is 0 Å². The highest BCUT2D eigenvalue weighted by Crippen LogP contribution is 2.37. The minimum atomic E-state index is 0.181. The fourth-order valence-electron chi connectivity index (χ4n) is 2.06. The van der Waals surface area contributed by atoms with Crippen molar-refractivity contribution in [3.05, 3.63) is 27.7 Å². The van der Waals surface area contributed by atoms with Gasteiger partial charge in [-0.15, -0.1) is 0 Å². The van der Waals surface area contributed by atoms with Crippen molar-refractivity contribution in [1.82, 2.24) is 5.32 Å². The predicted molar refractivity (Wildman–Crippen MR) is 83.5 cm³/mol. The Morgan fingerprint density at radius 2 is 1.84 bits per heavy atom. The smallest absolute Gasteiger partial charge is 0.139 e. The summed E-state index contributed by atoms with van der Waals surface area (Å²) in [4.78, 5) is 0. The van der Waals surface area contributed by atoms with Gasteiger partial charge in [0.1, 0.15) is 5.75 Å². The molecule has 0 heterocycles. The molecular weight excluding hydrogens is 281 g/mol. The minimum Gasteiger partial charge on any atom is -0.492 e. The molecule has 0 aromatic heterocycles. The lowest BCUT2D eigenvalue weighted by Gasteiger charge is -2.27. The molecule has 0 saturated carbocycles. The molecule has 0 aliphatic rings. The van der Waals surface area contributed by atoms with E-state index in [1.54, 1.807) is 6.07 Å². The number of halogens is 2. The van der Waals surface area contributed by atoms with Crippen molar-refractivity contribution >= 4 is 23.2 Å². The largest absolute Gasteiger partial charge is 0.492 e. The first kappa shape index (κ1) is 16.6. The molecule has 1 unspecified atom stereocenters. The molecule has 0 saturated heterocycles. The molecule has 1 aromatic rings. The number of hydrogen-bond acceptors (Lipinski definition) is 2. The molecule has 0 aliphatic heterocycles. The van der Waals surface area contributed by atoms with Gasteiger partial charge in [0.25, 0.3) is 0 Å². The third kappa shape index (κ3) is 4.87. The van der Waals surface area contributed by atoms with Crippen LogP contribution < -0.4 is 10.1 Å². The summed E-state index contributed by atoms with van der Waals surface area (Å²) in [7, 11) is 1.94. The second kappa shape index (κ2) is 6.83. The number of ether oxygens (including phenoxy) is 1. The molecule has 1 aromatic carbocycles. The van der Waals surface area contributed by atoms with Crippen LogP contribution in [-0.4, -0.2) is 13.7 Å². The van der Waals surface area contributed by atoms with Crippen LogP contribution in [0.2, 0.25) is 10.0 Å². The number of nitrogens with one attached hydrogen (secondary N) is 1. The van der Waals surface area contributed by atoms with E-state index in [4.69, 9.17) is 27.9 Å². The van der Waals surface area contributed by atoms with Crippen molar-refractivity contribution in [3.8, 4) is 5.75 Å². The van der Waals surface area contributed by atoms with E-state index in [-0.39, 0.29) is 11.5 Å². The van der Waals surface area contributed by atoms with E-state index in [0.29, 0.717) is 22.4 Å². The van der Waals surface area contributed by atoms with E-state index in [0.717, 1.165) is 12.0 Å². The lowest BCUT2D eigenvalue weighted by molar-refractivity contribution is 0.320. The Balaban J connectivity index is 3.08. The number of hydrogen-bond donors (Lipinski definition) is 1. The van der Waals surface area contributed by atoms with Crippen LogP contribution in [0.25, 0.3) is 0 Å². The summed E-state index contributed by atoms with van der Waals surface area (Å²) < 4.78 is 5.45. The van der Waals surface area contributed by atoms with E-state index in [1.165, 1.54) is 0 Å². The molecule has 1 rings (SSSR count). The fourth-order valence-corrected chi connectivity index (χ4v) is 2.57. The molecule has 0 fully saturated rings. The van der Waals surface area contributed by atoms with Crippen LogP contribution in [0.3, 0.4) is 0 Å². The Labute approximate surface area is 126 Å². The third-order valence-corrected chi connectivity index (χ3v) is 3.51. The maximum Gasteiger partial charge on any atom is 0.139 e. The average Bonchev–Trinajstić information content (AvgIpc) is 2.30. The van der Waals surface area contributed by atoms with Gasteiger partial charge in [0.05, 0.1) is 11.6 Å². The Morgan fingerprint density at radius 3 is 2.32 bits per heavy atom. The first-order valence-corrected chi connectivity index (χ1v) is 7.33. The molecule has 19 heavy (non-hydrogen) atoms. The van der Waals surface area contributed by atoms with Crippen LogP contribution in [0.4, 0.5) is 0 Å². The molecule has 2 nitrogen and oxygen atoms in total. The second-order valence-electron chi connectivity index (χ2n) is 5.84. The van der Waals surface area contributed by atoms with E-state index in [9.17, 15) is 0 Å². The molecule has 108 valence electrons. The standard InChI is InChI=1S/C15H23Cl2NO/c1-6-19-14-8-11(16)10(7-12(14)17)13(18-5)9-15(2,3)4/h7-8,13,18H,6,9H2,1-5H3. The van der Waals surface area contributed by atoms with Crippen LogP contribution >= 0.6 is 23.2 Å². The zero-order valence-corrected chi connectivity index (χ0v) is 13.8. The van der Waals surface area contributed by atoms with Crippen molar-refractivity contribution in [3.63, 3.8) is 0 Å². The zero-order chi connectivity index (χ0) is 14.6. The van der Waals surface area contributed by atoms with Gasteiger partial charge in [-0.2, -0.15) is 0 Å². The molecule has 0 spiro atoms. The molecule has 0 aliphatic carbocycles. The van der Waals surface area contributed by atoms with Crippen molar-refractivity contribution in [2.75, 3.05) is 13.7 Å². The minimum absolute atomic E-state index is 0.181. The van der Waals surface area contributed by atoms with E-state index in [1.807, 2.05) is 20.0 Å². The first-order chi connectivity index (χ1) is 8.78. The summed E-state index contributed by atoms with van der Waals surface area (Å²) in [5, 5.41) is 4.61. The van der Waals surface area contributed by atoms with Gasteiger partial charge in [0, 0.05) is 17.1 Å². The summed E-state index contributed by atoms with van der Waals surface area (Å²) in [5.74, 6) is 0.642. The van der Waals surface area contributed by atoms with Crippen LogP contribution in [0.1, 0.15) is 45.7 Å². The van der Waals surface area contributed by atoms with Gasteiger partial charge >= 0.3 is 0 Å². The third-order valence-electron chi connectivity index (χ3n) is 2.89. The average molecular weight is 304 g/mol. The van der Waals surface area contributed by atoms with Crippen molar-refractivity contribution < 1.29 is 4.74 Å². The Morgan fingerprint density at radius 1 is 1.21 bits per heavy atom. The topological polar surface area (TPSA) is 21.3 Å². The molecule has 1 atom stereocenters. The molecule has 0 amide bonds. The summed E-state index contributed by atoms with van der Waals surface area (Å²) in [6, 6.07) is 3.89. The van der Waals surface area contributed by atoms with E-state index >= 15 is 0 Å². The van der Waals surface area contributed by atoms with E-state index in [2.05, 4.69) is 26.1 Å². The van der Waals surface area contributed by atoms with Gasteiger partial charge in [-0.1, -0.05) is 44.0 Å². The first-order valence-electron chi connectivity index (χ1n) is 6.57. The summed E-state index contributed by atoms with van der Waals surface area (Å²) >= 11 is 12.6. The lowest BCUT2D eigenvalue weighted by Crippen LogP contribution is -2.22. The van der Waals surface area contributed by atoms with Gasteiger partial charge in [-0.3, -0.25) is 0 Å². The van der Waals surface area contributed by atoms with Gasteiger partial charge in [-0.25, -0.2) is 0 Å². The highest BCUT2D eigenvalue weighted by molar-refractivity contribution is 6.34. The quantitative estimate of drug-likeness (QED) is 0.818. The predicted octanol–water partition coefficient (Wildman–Crippen LogP) is 5.09. The SMILES string of the molecule is CCOc1cc(Cl)c(C(CC(C)(C)C)NC)cc1Cl. The molecule has 1 N–H and O–H groups in total. The van der Waals surface area contributed by atoms with E-state index < -0.39 is 0 Å². The Kier molecular flexibility index (Phi) is 5.97. The zero-order valence-electron chi connectivity index (χ0n) is 12.3. The number of benzene rings is 1. The number of rotatable bonds is 5. The molecule has 0 bridgehead atoms. The normalized spacial score (nSPS) is 13.4. The van der Waals surface area contributed by atoms with Crippen LogP contribution in [0, 0.1) is 5.41 Å². The summed E-state index contributed by atoms with van der Waals surface area (Å²) in [5.41, 5.74) is 1.23. The second-order valence-corrected chi connectivity index (χ2v) is 6.66. The maximum atomic E-state index is 6.36. The Bertz CT molecular complexity index is 427. The molecular formula is C15H23Cl2NO. The van der Waals surface area contributed by atoms with Crippen molar-refractivity contribution in [1.29, 1.82) is 0 Å². The van der Waals surface area contributed by atoms with Crippen LogP contribution in [0.15, 0.2) is 12.1 Å². The van der Waals surface area contributed by atoms with Crippen molar-refractivity contribution in [2.24, 2.45) is 5.41 Å². The van der Waals surface area contributed by atoms with Gasteiger partial charge in [-0.05, 0) is 37.4 Å². The fraction of sp³-hybridized carbons (Fsp3) is 0.600. The maximum absolute atomic E-state index is 6.36.